The Bertz CT molecular complexity index is 928. The Hall–Kier alpha value is -3.28. The Morgan fingerprint density at radius 2 is 1.88 bits per heavy atom. The van der Waals surface area contributed by atoms with Crippen molar-refractivity contribution < 1.29 is 14.6 Å². The second-order valence-electron chi connectivity index (χ2n) is 5.84. The number of nitrogens with zero attached hydrogens (tertiary/aromatic N) is 2. The number of nitrogens with one attached hydrogen (secondary N) is 1. The standard InChI is InChI=1S/C19H17N3O3/c1-25-15-8-4-12(5-9-15)17-16-10-11-20-18(16)22(21-17)14-6-2-13(3-7-14)19(23)24/h2-9,20H,10-11H2,1H3,(H,23,24). The molecular weight excluding hydrogens is 318 g/mol. The first-order chi connectivity index (χ1) is 12.2. The number of carboxylic acids is 1. The molecule has 0 saturated heterocycles. The van der Waals surface area contributed by atoms with Crippen molar-refractivity contribution in [2.75, 3.05) is 19.0 Å². The number of hydrogen-bond donors (Lipinski definition) is 2. The fraction of sp³-hybridized carbons (Fsp3) is 0.158. The monoisotopic (exact) mass is 335 g/mol. The third-order valence-corrected chi connectivity index (χ3v) is 4.37. The van der Waals surface area contributed by atoms with Crippen LogP contribution in [0.4, 0.5) is 5.82 Å². The van der Waals surface area contributed by atoms with Gasteiger partial charge in [0.05, 0.1) is 24.1 Å². The fourth-order valence-electron chi connectivity index (χ4n) is 3.09. The van der Waals surface area contributed by atoms with E-state index in [1.807, 2.05) is 28.9 Å². The Morgan fingerprint density at radius 3 is 2.52 bits per heavy atom. The van der Waals surface area contributed by atoms with Crippen molar-refractivity contribution in [1.29, 1.82) is 0 Å². The van der Waals surface area contributed by atoms with Crippen LogP contribution in [0.2, 0.25) is 0 Å². The maximum atomic E-state index is 11.0. The van der Waals surface area contributed by atoms with Gasteiger partial charge in [-0.3, -0.25) is 0 Å². The summed E-state index contributed by atoms with van der Waals surface area (Å²) in [6, 6.07) is 14.6. The van der Waals surface area contributed by atoms with Crippen molar-refractivity contribution in [2.45, 2.75) is 6.42 Å². The number of methoxy groups -OCH3 is 1. The van der Waals surface area contributed by atoms with Gasteiger partial charge in [0, 0.05) is 17.7 Å². The molecule has 6 heteroatoms. The molecular formula is C19H17N3O3. The van der Waals surface area contributed by atoms with Crippen molar-refractivity contribution in [3.8, 4) is 22.7 Å². The van der Waals surface area contributed by atoms with Crippen molar-refractivity contribution in [2.24, 2.45) is 0 Å². The fourth-order valence-corrected chi connectivity index (χ4v) is 3.09. The summed E-state index contributed by atoms with van der Waals surface area (Å²) in [6.45, 7) is 0.865. The minimum atomic E-state index is -0.936. The van der Waals surface area contributed by atoms with Crippen LogP contribution < -0.4 is 10.1 Å². The van der Waals surface area contributed by atoms with Gasteiger partial charge < -0.3 is 15.2 Å². The molecule has 0 bridgehead atoms. The van der Waals surface area contributed by atoms with Crippen molar-refractivity contribution in [3.63, 3.8) is 0 Å². The predicted octanol–water partition coefficient (Wildman–Crippen LogP) is 3.21. The highest BCUT2D eigenvalue weighted by Gasteiger charge is 2.24. The van der Waals surface area contributed by atoms with Crippen LogP contribution >= 0.6 is 0 Å². The molecule has 0 fully saturated rings. The summed E-state index contributed by atoms with van der Waals surface area (Å²) in [5.74, 6) is 0.838. The van der Waals surface area contributed by atoms with E-state index in [1.54, 1.807) is 31.4 Å². The van der Waals surface area contributed by atoms with E-state index in [0.717, 1.165) is 41.5 Å². The van der Waals surface area contributed by atoms with Gasteiger partial charge in [-0.2, -0.15) is 5.10 Å². The summed E-state index contributed by atoms with van der Waals surface area (Å²) in [5, 5.41) is 17.2. The number of hydrogen-bond acceptors (Lipinski definition) is 4. The van der Waals surface area contributed by atoms with E-state index in [1.165, 1.54) is 5.56 Å². The zero-order chi connectivity index (χ0) is 17.4. The van der Waals surface area contributed by atoms with Gasteiger partial charge in [0.2, 0.25) is 0 Å². The number of benzene rings is 2. The molecule has 0 amide bonds. The molecule has 1 aliphatic rings. The minimum Gasteiger partial charge on any atom is -0.497 e. The van der Waals surface area contributed by atoms with E-state index in [0.29, 0.717) is 0 Å². The third kappa shape index (κ3) is 2.61. The van der Waals surface area contributed by atoms with Gasteiger partial charge in [-0.15, -0.1) is 0 Å². The highest BCUT2D eigenvalue weighted by molar-refractivity contribution is 5.87. The molecule has 25 heavy (non-hydrogen) atoms. The molecule has 126 valence electrons. The first-order valence-electron chi connectivity index (χ1n) is 8.01. The van der Waals surface area contributed by atoms with Crippen molar-refractivity contribution >= 4 is 11.8 Å². The molecule has 0 radical (unpaired) electrons. The number of fused-ring (bicyclic) bond motifs is 1. The van der Waals surface area contributed by atoms with Gasteiger partial charge in [0.25, 0.3) is 0 Å². The van der Waals surface area contributed by atoms with E-state index < -0.39 is 5.97 Å². The molecule has 4 rings (SSSR count). The lowest BCUT2D eigenvalue weighted by Gasteiger charge is -2.07. The normalized spacial score (nSPS) is 12.5. The average Bonchev–Trinajstić information content (AvgIpc) is 3.24. The van der Waals surface area contributed by atoms with Gasteiger partial charge in [0.15, 0.2) is 0 Å². The smallest absolute Gasteiger partial charge is 0.335 e. The Morgan fingerprint density at radius 1 is 1.16 bits per heavy atom. The summed E-state index contributed by atoms with van der Waals surface area (Å²) in [6.07, 6.45) is 0.907. The molecule has 1 aromatic heterocycles. The van der Waals surface area contributed by atoms with Crippen LogP contribution in [0.1, 0.15) is 15.9 Å². The van der Waals surface area contributed by atoms with Crippen LogP contribution in [0.3, 0.4) is 0 Å². The molecule has 0 aliphatic carbocycles. The molecule has 0 unspecified atom stereocenters. The third-order valence-electron chi connectivity index (χ3n) is 4.37. The number of carbonyl (C=O) groups is 1. The lowest BCUT2D eigenvalue weighted by atomic mass is 10.1. The first-order valence-corrected chi connectivity index (χ1v) is 8.01. The molecule has 0 spiro atoms. The van der Waals surface area contributed by atoms with E-state index in [9.17, 15) is 4.79 Å². The lowest BCUT2D eigenvalue weighted by Crippen LogP contribution is -2.05. The van der Waals surface area contributed by atoms with Gasteiger partial charge in [0.1, 0.15) is 11.6 Å². The first kappa shape index (κ1) is 15.3. The van der Waals surface area contributed by atoms with E-state index in [2.05, 4.69) is 5.32 Å². The van der Waals surface area contributed by atoms with Crippen molar-refractivity contribution in [1.82, 2.24) is 9.78 Å². The highest BCUT2D eigenvalue weighted by atomic mass is 16.5. The van der Waals surface area contributed by atoms with Gasteiger partial charge >= 0.3 is 5.97 Å². The maximum Gasteiger partial charge on any atom is 0.335 e. The van der Waals surface area contributed by atoms with Crippen LogP contribution in [-0.4, -0.2) is 34.5 Å². The molecule has 6 nitrogen and oxygen atoms in total. The molecule has 2 aromatic carbocycles. The SMILES string of the molecule is COc1ccc(-c2nn(-c3ccc(C(=O)O)cc3)c3c2CCN3)cc1. The second-order valence-corrected chi connectivity index (χ2v) is 5.84. The zero-order valence-electron chi connectivity index (χ0n) is 13.7. The summed E-state index contributed by atoms with van der Waals surface area (Å²) in [7, 11) is 1.64. The topological polar surface area (TPSA) is 76.4 Å². The lowest BCUT2D eigenvalue weighted by molar-refractivity contribution is 0.0697. The number of aromatic carboxylic acids is 1. The molecule has 0 saturated carbocycles. The van der Waals surface area contributed by atoms with E-state index >= 15 is 0 Å². The molecule has 1 aliphatic heterocycles. The maximum absolute atomic E-state index is 11.0. The summed E-state index contributed by atoms with van der Waals surface area (Å²) >= 11 is 0. The van der Waals surface area contributed by atoms with Gasteiger partial charge in [-0.05, 0) is 55.0 Å². The average molecular weight is 335 g/mol. The number of ether oxygens (including phenoxy) is 1. The Kier molecular flexibility index (Phi) is 3.65. The molecule has 3 aromatic rings. The van der Waals surface area contributed by atoms with Crippen molar-refractivity contribution in [3.05, 3.63) is 59.7 Å². The highest BCUT2D eigenvalue weighted by Crippen LogP contribution is 2.35. The quantitative estimate of drug-likeness (QED) is 0.765. The molecule has 2 N–H and O–H groups in total. The number of carboxylic acid groups (broad SMARTS) is 1. The summed E-state index contributed by atoms with van der Waals surface area (Å²) in [5.41, 5.74) is 4.23. The van der Waals surface area contributed by atoms with Gasteiger partial charge in [-0.1, -0.05) is 0 Å². The largest absolute Gasteiger partial charge is 0.497 e. The molecule has 2 heterocycles. The Labute approximate surface area is 144 Å². The van der Waals surface area contributed by atoms with Gasteiger partial charge in [-0.25, -0.2) is 9.48 Å². The number of rotatable bonds is 4. The molecule has 0 atom stereocenters. The number of anilines is 1. The van der Waals surface area contributed by atoms with Crippen LogP contribution in [0, 0.1) is 0 Å². The zero-order valence-corrected chi connectivity index (χ0v) is 13.7. The minimum absolute atomic E-state index is 0.260. The van der Waals surface area contributed by atoms with Crippen LogP contribution in [-0.2, 0) is 6.42 Å². The second kappa shape index (κ2) is 5.98. The van der Waals surface area contributed by atoms with E-state index in [4.69, 9.17) is 14.9 Å². The van der Waals surface area contributed by atoms with E-state index in [-0.39, 0.29) is 5.56 Å². The Balaban J connectivity index is 1.78. The predicted molar refractivity (Wildman–Crippen MR) is 94.7 cm³/mol. The summed E-state index contributed by atoms with van der Waals surface area (Å²) in [4.78, 5) is 11.0. The van der Waals surface area contributed by atoms with Crippen LogP contribution in [0.25, 0.3) is 16.9 Å². The van der Waals surface area contributed by atoms with Crippen LogP contribution in [0.15, 0.2) is 48.5 Å². The van der Waals surface area contributed by atoms with Crippen LogP contribution in [0.5, 0.6) is 5.75 Å². The number of aromatic nitrogens is 2. The summed E-state index contributed by atoms with van der Waals surface area (Å²) < 4.78 is 7.06.